The molecule has 0 radical (unpaired) electrons. The number of hydrogen-bond donors (Lipinski definition) is 1. The second-order valence-corrected chi connectivity index (χ2v) is 5.38. The van der Waals surface area contributed by atoms with Gasteiger partial charge in [-0.2, -0.15) is 0 Å². The number of aromatic nitrogens is 1. The van der Waals surface area contributed by atoms with Crippen molar-refractivity contribution in [3.8, 4) is 0 Å². The van der Waals surface area contributed by atoms with E-state index < -0.39 is 0 Å². The molecule has 2 saturated heterocycles. The molecule has 1 N–H and O–H groups in total. The Morgan fingerprint density at radius 1 is 1.47 bits per heavy atom. The summed E-state index contributed by atoms with van der Waals surface area (Å²) < 4.78 is 0.558. The van der Waals surface area contributed by atoms with E-state index in [9.17, 15) is 9.59 Å². The van der Waals surface area contributed by atoms with Crippen molar-refractivity contribution in [3.05, 3.63) is 28.5 Å². The first-order valence-corrected chi connectivity index (χ1v) is 6.90. The number of nitrogens with one attached hydrogen (secondary N) is 1. The number of piperazine rings is 1. The molecule has 0 aromatic carbocycles. The van der Waals surface area contributed by atoms with E-state index in [4.69, 9.17) is 0 Å². The van der Waals surface area contributed by atoms with Crippen molar-refractivity contribution in [2.24, 2.45) is 0 Å². The Bertz CT molecular complexity index is 536. The number of urea groups is 1. The van der Waals surface area contributed by atoms with E-state index in [1.807, 2.05) is 0 Å². The molecule has 3 heterocycles. The molecule has 100 valence electrons. The fraction of sp³-hybridized carbons (Fsp3) is 0.417. The minimum absolute atomic E-state index is 0.0281. The smallest absolute Gasteiger partial charge is 0.317 e. The van der Waals surface area contributed by atoms with Gasteiger partial charge in [0.25, 0.3) is 5.91 Å². The molecule has 19 heavy (non-hydrogen) atoms. The summed E-state index contributed by atoms with van der Waals surface area (Å²) >= 11 is 3.29. The number of fused-ring (bicyclic) bond motifs is 1. The van der Waals surface area contributed by atoms with Crippen LogP contribution in [-0.4, -0.2) is 58.9 Å². The lowest BCUT2D eigenvalue weighted by molar-refractivity contribution is 0.0615. The Labute approximate surface area is 118 Å². The lowest BCUT2D eigenvalue weighted by Gasteiger charge is -2.36. The molecule has 7 heteroatoms. The number of nitrogens with zero attached hydrogens (tertiary/aromatic N) is 3. The molecule has 0 aliphatic carbocycles. The van der Waals surface area contributed by atoms with E-state index in [1.165, 1.54) is 0 Å². The highest BCUT2D eigenvalue weighted by Gasteiger charge is 2.37. The fourth-order valence-corrected chi connectivity index (χ4v) is 2.92. The van der Waals surface area contributed by atoms with Crippen LogP contribution in [0.1, 0.15) is 10.4 Å². The molecule has 1 aromatic rings. The number of carbonyl (C=O) groups excluding carboxylic acids is 2. The second kappa shape index (κ2) is 4.80. The Morgan fingerprint density at radius 2 is 2.32 bits per heavy atom. The molecule has 3 rings (SSSR count). The maximum atomic E-state index is 12.4. The van der Waals surface area contributed by atoms with Crippen LogP contribution in [0.25, 0.3) is 0 Å². The second-order valence-electron chi connectivity index (χ2n) is 4.63. The molecule has 6 nitrogen and oxygen atoms in total. The first-order valence-electron chi connectivity index (χ1n) is 6.11. The summed E-state index contributed by atoms with van der Waals surface area (Å²) in [5.41, 5.74) is 0.563. The lowest BCUT2D eigenvalue weighted by Crippen LogP contribution is -2.53. The number of hydrogen-bond acceptors (Lipinski definition) is 3. The Hall–Kier alpha value is -1.63. The summed E-state index contributed by atoms with van der Waals surface area (Å²) in [6.07, 6.45) is 1.64. The first-order chi connectivity index (χ1) is 9.16. The van der Waals surface area contributed by atoms with Gasteiger partial charge in [0.05, 0.1) is 11.6 Å². The van der Waals surface area contributed by atoms with E-state index in [1.54, 1.807) is 28.1 Å². The highest BCUT2D eigenvalue weighted by molar-refractivity contribution is 9.10. The van der Waals surface area contributed by atoms with Crippen LogP contribution in [0.15, 0.2) is 22.9 Å². The van der Waals surface area contributed by atoms with Crippen molar-refractivity contribution in [2.75, 3.05) is 26.2 Å². The zero-order valence-electron chi connectivity index (χ0n) is 10.2. The third-order valence-electron chi connectivity index (χ3n) is 3.51. The molecule has 0 bridgehead atoms. The number of pyridine rings is 1. The van der Waals surface area contributed by atoms with Crippen molar-refractivity contribution in [3.63, 3.8) is 0 Å². The van der Waals surface area contributed by atoms with E-state index in [0.717, 1.165) is 0 Å². The van der Waals surface area contributed by atoms with Gasteiger partial charge in [0.2, 0.25) is 0 Å². The van der Waals surface area contributed by atoms with Crippen LogP contribution in [0.5, 0.6) is 0 Å². The topological polar surface area (TPSA) is 65.5 Å². The maximum Gasteiger partial charge on any atom is 0.317 e. The molecule has 2 aliphatic heterocycles. The molecule has 0 spiro atoms. The minimum Gasteiger partial charge on any atom is -0.336 e. The number of halogens is 1. The summed E-state index contributed by atoms with van der Waals surface area (Å²) in [6, 6.07) is 3.55. The number of rotatable bonds is 1. The molecular weight excluding hydrogens is 312 g/mol. The maximum absolute atomic E-state index is 12.4. The summed E-state index contributed by atoms with van der Waals surface area (Å²) in [7, 11) is 0. The third kappa shape index (κ3) is 2.18. The van der Waals surface area contributed by atoms with Crippen molar-refractivity contribution in [2.45, 2.75) is 6.04 Å². The average molecular weight is 325 g/mol. The minimum atomic E-state index is -0.0426. The van der Waals surface area contributed by atoms with Crippen molar-refractivity contribution in [1.29, 1.82) is 0 Å². The quantitative estimate of drug-likeness (QED) is 0.773. The van der Waals surface area contributed by atoms with E-state index in [-0.39, 0.29) is 18.0 Å². The fourth-order valence-electron chi connectivity index (χ4n) is 2.50. The van der Waals surface area contributed by atoms with Crippen molar-refractivity contribution >= 4 is 27.9 Å². The Morgan fingerprint density at radius 3 is 3.11 bits per heavy atom. The molecule has 0 saturated carbocycles. The number of carbonyl (C=O) groups is 2. The molecule has 1 aromatic heterocycles. The normalized spacial score (nSPS) is 22.2. The predicted molar refractivity (Wildman–Crippen MR) is 71.7 cm³/mol. The molecule has 3 amide bonds. The van der Waals surface area contributed by atoms with Gasteiger partial charge in [-0.1, -0.05) is 0 Å². The van der Waals surface area contributed by atoms with E-state index >= 15 is 0 Å². The molecule has 2 fully saturated rings. The van der Waals surface area contributed by atoms with Gasteiger partial charge in [-0.05, 0) is 28.1 Å². The monoisotopic (exact) mass is 324 g/mol. The van der Waals surface area contributed by atoms with Crippen LogP contribution in [0.2, 0.25) is 0 Å². The standard InChI is InChI=1S/C12H13BrN4O2/c13-10-9(2-1-3-14-10)11(18)16-4-5-17-8(7-16)6-15-12(17)19/h1-3,8H,4-7H2,(H,15,19). The van der Waals surface area contributed by atoms with Gasteiger partial charge in [0.15, 0.2) is 0 Å². The van der Waals surface area contributed by atoms with Gasteiger partial charge >= 0.3 is 6.03 Å². The van der Waals surface area contributed by atoms with Crippen molar-refractivity contribution in [1.82, 2.24) is 20.1 Å². The van der Waals surface area contributed by atoms with Crippen LogP contribution >= 0.6 is 15.9 Å². The Balaban J connectivity index is 1.76. The summed E-state index contributed by atoms with van der Waals surface area (Å²) in [4.78, 5) is 31.6. The zero-order chi connectivity index (χ0) is 13.4. The highest BCUT2D eigenvalue weighted by atomic mass is 79.9. The van der Waals surface area contributed by atoms with E-state index in [2.05, 4.69) is 26.2 Å². The summed E-state index contributed by atoms with van der Waals surface area (Å²) in [5, 5.41) is 2.80. The third-order valence-corrected chi connectivity index (χ3v) is 4.14. The van der Waals surface area contributed by atoms with Crippen LogP contribution < -0.4 is 5.32 Å². The number of amides is 3. The molecular formula is C12H13BrN4O2. The lowest BCUT2D eigenvalue weighted by atomic mass is 10.1. The van der Waals surface area contributed by atoms with Gasteiger partial charge in [0, 0.05) is 32.4 Å². The van der Waals surface area contributed by atoms with Gasteiger partial charge in [0.1, 0.15) is 4.60 Å². The Kier molecular flexibility index (Phi) is 3.14. The van der Waals surface area contributed by atoms with E-state index in [0.29, 0.717) is 36.3 Å². The average Bonchev–Trinajstić information content (AvgIpc) is 2.80. The van der Waals surface area contributed by atoms with Crippen LogP contribution in [0, 0.1) is 0 Å². The molecule has 1 unspecified atom stereocenters. The van der Waals surface area contributed by atoms with Crippen LogP contribution in [0.4, 0.5) is 4.79 Å². The SMILES string of the molecule is O=C(c1cccnc1Br)N1CCN2C(=O)NCC2C1. The summed E-state index contributed by atoms with van der Waals surface area (Å²) in [5.74, 6) is -0.0426. The summed E-state index contributed by atoms with van der Waals surface area (Å²) in [6.45, 7) is 2.32. The predicted octanol–water partition coefficient (Wildman–Crippen LogP) is 0.694. The van der Waals surface area contributed by atoms with Gasteiger partial charge < -0.3 is 15.1 Å². The van der Waals surface area contributed by atoms with Crippen LogP contribution in [-0.2, 0) is 0 Å². The largest absolute Gasteiger partial charge is 0.336 e. The van der Waals surface area contributed by atoms with Crippen molar-refractivity contribution < 1.29 is 9.59 Å². The highest BCUT2D eigenvalue weighted by Crippen LogP contribution is 2.19. The van der Waals surface area contributed by atoms with Crippen LogP contribution in [0.3, 0.4) is 0 Å². The molecule has 1 atom stereocenters. The zero-order valence-corrected chi connectivity index (χ0v) is 11.8. The first kappa shape index (κ1) is 12.4. The van der Waals surface area contributed by atoms with Gasteiger partial charge in [-0.15, -0.1) is 0 Å². The van der Waals surface area contributed by atoms with Gasteiger partial charge in [-0.3, -0.25) is 4.79 Å². The van der Waals surface area contributed by atoms with Gasteiger partial charge in [-0.25, -0.2) is 9.78 Å². The molecule has 2 aliphatic rings.